The van der Waals surface area contributed by atoms with Crippen molar-refractivity contribution in [2.75, 3.05) is 13.7 Å². The van der Waals surface area contributed by atoms with Gasteiger partial charge in [0.1, 0.15) is 11.8 Å². The molecule has 0 N–H and O–H groups in total. The van der Waals surface area contributed by atoms with Gasteiger partial charge in [0.2, 0.25) is 0 Å². The smallest absolute Gasteiger partial charge is 0.323 e. The number of ether oxygens (including phenoxy) is 1. The van der Waals surface area contributed by atoms with Gasteiger partial charge in [-0.05, 0) is 26.3 Å². The number of carbonyl (C=O) groups excluding carboxylic acids is 1. The molecular weight excluding hydrogens is 220 g/mol. The van der Waals surface area contributed by atoms with Crippen molar-refractivity contribution in [2.45, 2.75) is 38.8 Å². The zero-order chi connectivity index (χ0) is 12.3. The third-order valence-electron chi connectivity index (χ3n) is 3.13. The summed E-state index contributed by atoms with van der Waals surface area (Å²) in [6.45, 7) is 3.42. The highest BCUT2D eigenvalue weighted by atomic mass is 16.5. The number of hydrogen-bond donors (Lipinski definition) is 0. The quantitative estimate of drug-likeness (QED) is 0.747. The summed E-state index contributed by atoms with van der Waals surface area (Å²) < 4.78 is 9.87. The lowest BCUT2D eigenvalue weighted by molar-refractivity contribution is -0.148. The summed E-state index contributed by atoms with van der Waals surface area (Å²) in [7, 11) is 1.44. The fraction of sp³-hybridized carbons (Fsp3) is 0.667. The van der Waals surface area contributed by atoms with Gasteiger partial charge >= 0.3 is 5.97 Å². The highest BCUT2D eigenvalue weighted by Gasteiger charge is 2.29. The maximum atomic E-state index is 11.7. The summed E-state index contributed by atoms with van der Waals surface area (Å²) in [5.41, 5.74) is 0.873. The highest BCUT2D eigenvalue weighted by molar-refractivity contribution is 5.75. The van der Waals surface area contributed by atoms with Gasteiger partial charge < -0.3 is 9.26 Å². The van der Waals surface area contributed by atoms with Crippen LogP contribution in [0.1, 0.15) is 30.7 Å². The van der Waals surface area contributed by atoms with E-state index < -0.39 is 0 Å². The molecule has 2 rings (SSSR count). The molecule has 0 radical (unpaired) electrons. The molecule has 2 heterocycles. The molecule has 1 aromatic rings. The van der Waals surface area contributed by atoms with Crippen LogP contribution in [0.3, 0.4) is 0 Å². The van der Waals surface area contributed by atoms with Gasteiger partial charge in [-0.15, -0.1) is 0 Å². The Kier molecular flexibility index (Phi) is 3.78. The molecule has 5 nitrogen and oxygen atoms in total. The molecule has 0 aliphatic carbocycles. The molecule has 17 heavy (non-hydrogen) atoms. The number of aromatic nitrogens is 1. The van der Waals surface area contributed by atoms with Crippen LogP contribution in [0.4, 0.5) is 0 Å². The van der Waals surface area contributed by atoms with Crippen molar-refractivity contribution in [3.63, 3.8) is 0 Å². The van der Waals surface area contributed by atoms with Crippen molar-refractivity contribution in [1.82, 2.24) is 10.1 Å². The van der Waals surface area contributed by atoms with Crippen molar-refractivity contribution in [3.05, 3.63) is 17.5 Å². The first-order valence-corrected chi connectivity index (χ1v) is 5.95. The standard InChI is InChI=1S/C12H18N2O3/c1-9-7-10(13-17-9)8-14-6-4-3-5-11(14)12(15)16-2/h7,11H,3-6,8H2,1-2H3/t11-/m1/s1. The van der Waals surface area contributed by atoms with E-state index in [0.29, 0.717) is 6.54 Å². The largest absolute Gasteiger partial charge is 0.468 e. The second kappa shape index (κ2) is 5.31. The molecular formula is C12H18N2O3. The van der Waals surface area contributed by atoms with Gasteiger partial charge in [-0.25, -0.2) is 0 Å². The molecule has 0 spiro atoms. The average Bonchev–Trinajstić information content (AvgIpc) is 2.74. The Morgan fingerprint density at radius 3 is 3.12 bits per heavy atom. The molecule has 0 bridgehead atoms. The lowest BCUT2D eigenvalue weighted by atomic mass is 10.0. The molecule has 1 aliphatic heterocycles. The molecule has 0 amide bonds. The van der Waals surface area contributed by atoms with E-state index in [2.05, 4.69) is 10.1 Å². The summed E-state index contributed by atoms with van der Waals surface area (Å²) in [4.78, 5) is 13.8. The maximum Gasteiger partial charge on any atom is 0.323 e. The first-order chi connectivity index (χ1) is 8.20. The second-order valence-corrected chi connectivity index (χ2v) is 4.43. The second-order valence-electron chi connectivity index (χ2n) is 4.43. The van der Waals surface area contributed by atoms with Gasteiger partial charge in [-0.2, -0.15) is 0 Å². The fourth-order valence-electron chi connectivity index (χ4n) is 2.28. The monoisotopic (exact) mass is 238 g/mol. The van der Waals surface area contributed by atoms with Gasteiger partial charge in [0.25, 0.3) is 0 Å². The number of likely N-dealkylation sites (tertiary alicyclic amines) is 1. The van der Waals surface area contributed by atoms with Gasteiger partial charge in [0.05, 0.1) is 12.8 Å². The van der Waals surface area contributed by atoms with Crippen LogP contribution in [0.15, 0.2) is 10.6 Å². The Hall–Kier alpha value is -1.36. The Labute approximate surface area is 101 Å². The van der Waals surface area contributed by atoms with Crippen LogP contribution in [0.2, 0.25) is 0 Å². The predicted molar refractivity (Wildman–Crippen MR) is 61.3 cm³/mol. The van der Waals surface area contributed by atoms with Crippen molar-refractivity contribution in [3.8, 4) is 0 Å². The normalized spacial score (nSPS) is 21.4. The molecule has 0 unspecified atom stereocenters. The third kappa shape index (κ3) is 2.85. The minimum absolute atomic E-state index is 0.134. The van der Waals surface area contributed by atoms with Crippen molar-refractivity contribution >= 4 is 5.97 Å². The third-order valence-corrected chi connectivity index (χ3v) is 3.13. The molecule has 5 heteroatoms. The molecule has 1 aromatic heterocycles. The number of nitrogens with zero attached hydrogens (tertiary/aromatic N) is 2. The van der Waals surface area contributed by atoms with Gasteiger partial charge in [-0.1, -0.05) is 11.6 Å². The van der Waals surface area contributed by atoms with E-state index in [-0.39, 0.29) is 12.0 Å². The maximum absolute atomic E-state index is 11.7. The lowest BCUT2D eigenvalue weighted by Gasteiger charge is -2.32. The van der Waals surface area contributed by atoms with E-state index >= 15 is 0 Å². The van der Waals surface area contributed by atoms with Crippen LogP contribution in [-0.4, -0.2) is 35.7 Å². The molecule has 1 aliphatic rings. The molecule has 1 saturated heterocycles. The van der Waals surface area contributed by atoms with Crippen LogP contribution in [-0.2, 0) is 16.1 Å². The fourth-order valence-corrected chi connectivity index (χ4v) is 2.28. The Morgan fingerprint density at radius 1 is 1.65 bits per heavy atom. The number of methoxy groups -OCH3 is 1. The molecule has 0 saturated carbocycles. The summed E-state index contributed by atoms with van der Waals surface area (Å²) in [6, 6.07) is 1.77. The predicted octanol–water partition coefficient (Wildman–Crippen LogP) is 1.51. The van der Waals surface area contributed by atoms with E-state index in [9.17, 15) is 4.79 Å². The Balaban J connectivity index is 2.03. The van der Waals surface area contributed by atoms with Crippen LogP contribution in [0.5, 0.6) is 0 Å². The van der Waals surface area contributed by atoms with Gasteiger partial charge in [0.15, 0.2) is 0 Å². The SMILES string of the molecule is COC(=O)[C@H]1CCCCN1Cc1cc(C)on1. The highest BCUT2D eigenvalue weighted by Crippen LogP contribution is 2.20. The number of rotatable bonds is 3. The first kappa shape index (κ1) is 12.1. The number of aryl methyl sites for hydroxylation is 1. The minimum Gasteiger partial charge on any atom is -0.468 e. The number of hydrogen-bond acceptors (Lipinski definition) is 5. The Morgan fingerprint density at radius 2 is 2.47 bits per heavy atom. The molecule has 0 aromatic carbocycles. The number of esters is 1. The molecule has 1 atom stereocenters. The molecule has 1 fully saturated rings. The lowest BCUT2D eigenvalue weighted by Crippen LogP contribution is -2.44. The van der Waals surface area contributed by atoms with Gasteiger partial charge in [0, 0.05) is 12.6 Å². The minimum atomic E-state index is -0.148. The zero-order valence-electron chi connectivity index (χ0n) is 10.3. The van der Waals surface area contributed by atoms with E-state index in [1.165, 1.54) is 7.11 Å². The topological polar surface area (TPSA) is 55.6 Å². The number of piperidine rings is 1. The summed E-state index contributed by atoms with van der Waals surface area (Å²) in [5, 5.41) is 3.96. The van der Waals surface area contributed by atoms with E-state index in [0.717, 1.165) is 37.3 Å². The van der Waals surface area contributed by atoms with E-state index in [1.807, 2.05) is 13.0 Å². The molecule has 94 valence electrons. The van der Waals surface area contributed by atoms with Crippen molar-refractivity contribution in [1.29, 1.82) is 0 Å². The summed E-state index contributed by atoms with van der Waals surface area (Å²) in [5.74, 6) is 0.650. The van der Waals surface area contributed by atoms with Crippen molar-refractivity contribution < 1.29 is 14.1 Å². The van der Waals surface area contributed by atoms with Crippen LogP contribution >= 0.6 is 0 Å². The van der Waals surface area contributed by atoms with E-state index in [4.69, 9.17) is 9.26 Å². The average molecular weight is 238 g/mol. The number of carbonyl (C=O) groups is 1. The van der Waals surface area contributed by atoms with Gasteiger partial charge in [-0.3, -0.25) is 9.69 Å². The summed E-state index contributed by atoms with van der Waals surface area (Å²) >= 11 is 0. The van der Waals surface area contributed by atoms with E-state index in [1.54, 1.807) is 0 Å². The van der Waals surface area contributed by atoms with Crippen LogP contribution in [0.25, 0.3) is 0 Å². The summed E-state index contributed by atoms with van der Waals surface area (Å²) in [6.07, 6.45) is 3.06. The van der Waals surface area contributed by atoms with Crippen LogP contribution < -0.4 is 0 Å². The Bertz CT molecular complexity index is 389. The zero-order valence-corrected chi connectivity index (χ0v) is 10.3. The van der Waals surface area contributed by atoms with Crippen molar-refractivity contribution in [2.24, 2.45) is 0 Å². The van der Waals surface area contributed by atoms with Crippen LogP contribution in [0, 0.1) is 6.92 Å². The first-order valence-electron chi connectivity index (χ1n) is 5.95.